The Bertz CT molecular complexity index is 654. The smallest absolute Gasteiger partial charge is 0.269 e. The van der Waals surface area contributed by atoms with Crippen LogP contribution in [0.4, 0.5) is 0 Å². The summed E-state index contributed by atoms with van der Waals surface area (Å²) in [4.78, 5) is 23.2. The Morgan fingerprint density at radius 1 is 1.39 bits per heavy atom. The van der Waals surface area contributed by atoms with Gasteiger partial charge in [-0.2, -0.15) is 0 Å². The standard InChI is InChI=1S/C17H22N4O2/c1-20(2)17(22)15-7-6-13(19-15)11-21-10-8-14(12-21)23-16-5-3-4-9-18-16/h3-7,9,14,19H,8,10-12H2,1-2H3. The molecule has 0 radical (unpaired) electrons. The van der Waals surface area contributed by atoms with Crippen molar-refractivity contribution in [2.45, 2.75) is 19.1 Å². The van der Waals surface area contributed by atoms with Crippen LogP contribution in [0.2, 0.25) is 0 Å². The lowest BCUT2D eigenvalue weighted by Crippen LogP contribution is -2.25. The zero-order valence-corrected chi connectivity index (χ0v) is 13.5. The molecule has 1 atom stereocenters. The van der Waals surface area contributed by atoms with E-state index in [0.717, 1.165) is 31.7 Å². The number of ether oxygens (including phenoxy) is 1. The summed E-state index contributed by atoms with van der Waals surface area (Å²) in [5.41, 5.74) is 1.68. The number of aromatic amines is 1. The van der Waals surface area contributed by atoms with Gasteiger partial charge >= 0.3 is 0 Å². The first-order valence-electron chi connectivity index (χ1n) is 7.81. The molecule has 2 aromatic heterocycles. The van der Waals surface area contributed by atoms with Crippen LogP contribution in [0.1, 0.15) is 22.6 Å². The van der Waals surface area contributed by atoms with Crippen molar-refractivity contribution in [2.24, 2.45) is 0 Å². The molecule has 0 saturated carbocycles. The van der Waals surface area contributed by atoms with Gasteiger partial charge in [0.05, 0.1) is 0 Å². The van der Waals surface area contributed by atoms with Crippen LogP contribution in [0.15, 0.2) is 36.5 Å². The maximum atomic E-state index is 11.9. The monoisotopic (exact) mass is 314 g/mol. The number of nitrogens with one attached hydrogen (secondary N) is 1. The van der Waals surface area contributed by atoms with E-state index in [-0.39, 0.29) is 12.0 Å². The van der Waals surface area contributed by atoms with Crippen LogP contribution in [0.5, 0.6) is 5.88 Å². The van der Waals surface area contributed by atoms with E-state index < -0.39 is 0 Å². The highest BCUT2D eigenvalue weighted by Gasteiger charge is 2.24. The van der Waals surface area contributed by atoms with Gasteiger partial charge in [0, 0.05) is 51.7 Å². The highest BCUT2D eigenvalue weighted by Crippen LogP contribution is 2.18. The summed E-state index contributed by atoms with van der Waals surface area (Å²) in [7, 11) is 3.51. The molecule has 1 unspecified atom stereocenters. The summed E-state index contributed by atoms with van der Waals surface area (Å²) in [6, 6.07) is 9.51. The number of aromatic nitrogens is 2. The fourth-order valence-corrected chi connectivity index (χ4v) is 2.76. The molecule has 1 saturated heterocycles. The highest BCUT2D eigenvalue weighted by molar-refractivity contribution is 5.92. The second-order valence-electron chi connectivity index (χ2n) is 6.03. The van der Waals surface area contributed by atoms with Gasteiger partial charge in [0.1, 0.15) is 11.8 Å². The predicted molar refractivity (Wildman–Crippen MR) is 87.4 cm³/mol. The Balaban J connectivity index is 1.53. The van der Waals surface area contributed by atoms with Gasteiger partial charge in [-0.05, 0) is 24.6 Å². The first-order valence-corrected chi connectivity index (χ1v) is 7.81. The second kappa shape index (κ2) is 6.83. The number of carbonyl (C=O) groups is 1. The Labute approximate surface area is 136 Å². The molecule has 1 amide bonds. The van der Waals surface area contributed by atoms with Crippen molar-refractivity contribution >= 4 is 5.91 Å². The van der Waals surface area contributed by atoms with E-state index in [0.29, 0.717) is 11.6 Å². The molecule has 6 nitrogen and oxygen atoms in total. The van der Waals surface area contributed by atoms with Crippen molar-refractivity contribution < 1.29 is 9.53 Å². The molecule has 122 valence electrons. The van der Waals surface area contributed by atoms with Crippen LogP contribution in [0.3, 0.4) is 0 Å². The van der Waals surface area contributed by atoms with Gasteiger partial charge in [0.2, 0.25) is 5.88 Å². The number of H-pyrrole nitrogens is 1. The minimum absolute atomic E-state index is 0.00552. The topological polar surface area (TPSA) is 61.5 Å². The number of likely N-dealkylation sites (tertiary alicyclic amines) is 1. The number of hydrogen-bond acceptors (Lipinski definition) is 4. The summed E-state index contributed by atoms with van der Waals surface area (Å²) in [5, 5.41) is 0. The highest BCUT2D eigenvalue weighted by atomic mass is 16.5. The minimum Gasteiger partial charge on any atom is -0.473 e. The summed E-state index contributed by atoms with van der Waals surface area (Å²) in [5.74, 6) is 0.673. The van der Waals surface area contributed by atoms with Gasteiger partial charge in [-0.15, -0.1) is 0 Å². The van der Waals surface area contributed by atoms with Crippen LogP contribution in [-0.2, 0) is 6.54 Å². The third-order valence-electron chi connectivity index (χ3n) is 3.93. The maximum Gasteiger partial charge on any atom is 0.269 e. The number of pyridine rings is 1. The van der Waals surface area contributed by atoms with Crippen molar-refractivity contribution in [3.8, 4) is 5.88 Å². The Morgan fingerprint density at radius 2 is 2.26 bits per heavy atom. The molecule has 1 fully saturated rings. The zero-order valence-electron chi connectivity index (χ0n) is 13.5. The molecule has 1 N–H and O–H groups in total. The van der Waals surface area contributed by atoms with Crippen molar-refractivity contribution in [1.82, 2.24) is 19.8 Å². The Morgan fingerprint density at radius 3 is 3.00 bits per heavy atom. The van der Waals surface area contributed by atoms with E-state index in [9.17, 15) is 4.79 Å². The van der Waals surface area contributed by atoms with Gasteiger partial charge in [0.25, 0.3) is 5.91 Å². The number of carbonyl (C=O) groups excluding carboxylic acids is 1. The van der Waals surface area contributed by atoms with Crippen molar-refractivity contribution in [3.05, 3.63) is 47.9 Å². The SMILES string of the molecule is CN(C)C(=O)c1ccc(CN2CCC(Oc3ccccn3)C2)[nH]1. The third-order valence-corrected chi connectivity index (χ3v) is 3.93. The summed E-state index contributed by atoms with van der Waals surface area (Å²) in [6.07, 6.45) is 2.90. The fraction of sp³-hybridized carbons (Fsp3) is 0.412. The van der Waals surface area contributed by atoms with E-state index in [4.69, 9.17) is 4.74 Å². The van der Waals surface area contributed by atoms with Crippen molar-refractivity contribution in [1.29, 1.82) is 0 Å². The van der Waals surface area contributed by atoms with Crippen molar-refractivity contribution in [2.75, 3.05) is 27.2 Å². The molecule has 0 spiro atoms. The van der Waals surface area contributed by atoms with Crippen molar-refractivity contribution in [3.63, 3.8) is 0 Å². The van der Waals surface area contributed by atoms with Gasteiger partial charge in [-0.25, -0.2) is 4.98 Å². The van der Waals surface area contributed by atoms with Crippen LogP contribution in [0.25, 0.3) is 0 Å². The van der Waals surface area contributed by atoms with Crippen LogP contribution in [-0.4, -0.2) is 59.0 Å². The summed E-state index contributed by atoms with van der Waals surface area (Å²) >= 11 is 0. The lowest BCUT2D eigenvalue weighted by Gasteiger charge is -2.16. The van der Waals surface area contributed by atoms with Crippen LogP contribution < -0.4 is 4.74 Å². The number of nitrogens with zero attached hydrogens (tertiary/aromatic N) is 3. The number of hydrogen-bond donors (Lipinski definition) is 1. The molecule has 0 aromatic carbocycles. The lowest BCUT2D eigenvalue weighted by atomic mass is 10.3. The molecule has 23 heavy (non-hydrogen) atoms. The summed E-state index contributed by atoms with van der Waals surface area (Å²) in [6.45, 7) is 2.64. The average molecular weight is 314 g/mol. The van der Waals surface area contributed by atoms with Gasteiger partial charge < -0.3 is 14.6 Å². The van der Waals surface area contributed by atoms with E-state index in [1.54, 1.807) is 25.2 Å². The summed E-state index contributed by atoms with van der Waals surface area (Å²) < 4.78 is 5.89. The maximum absolute atomic E-state index is 11.9. The molecule has 0 bridgehead atoms. The van der Waals surface area contributed by atoms with E-state index in [1.165, 1.54) is 0 Å². The molecule has 3 rings (SSSR count). The third kappa shape index (κ3) is 3.90. The van der Waals surface area contributed by atoms with Crippen LogP contribution in [0, 0.1) is 0 Å². The first-order chi connectivity index (χ1) is 11.1. The second-order valence-corrected chi connectivity index (χ2v) is 6.03. The Hall–Kier alpha value is -2.34. The van der Waals surface area contributed by atoms with E-state index >= 15 is 0 Å². The number of rotatable bonds is 5. The number of amides is 1. The van der Waals surface area contributed by atoms with E-state index in [2.05, 4.69) is 14.9 Å². The average Bonchev–Trinajstić information content (AvgIpc) is 3.18. The molecule has 1 aliphatic heterocycles. The molecular weight excluding hydrogens is 292 g/mol. The molecular formula is C17H22N4O2. The Kier molecular flexibility index (Phi) is 4.62. The first kappa shape index (κ1) is 15.6. The predicted octanol–water partition coefficient (Wildman–Crippen LogP) is 1.76. The van der Waals surface area contributed by atoms with Gasteiger partial charge in [-0.1, -0.05) is 6.07 Å². The zero-order chi connectivity index (χ0) is 16.2. The molecule has 3 heterocycles. The van der Waals surface area contributed by atoms with E-state index in [1.807, 2.05) is 30.3 Å². The van der Waals surface area contributed by atoms with Gasteiger partial charge in [-0.3, -0.25) is 9.69 Å². The normalized spacial score (nSPS) is 18.1. The molecule has 2 aromatic rings. The quantitative estimate of drug-likeness (QED) is 0.913. The minimum atomic E-state index is -0.00552. The largest absolute Gasteiger partial charge is 0.473 e. The van der Waals surface area contributed by atoms with Gasteiger partial charge in [0.15, 0.2) is 0 Å². The lowest BCUT2D eigenvalue weighted by molar-refractivity contribution is 0.0822. The van der Waals surface area contributed by atoms with Crippen LogP contribution >= 0.6 is 0 Å². The molecule has 6 heteroatoms. The fourth-order valence-electron chi connectivity index (χ4n) is 2.76. The molecule has 1 aliphatic rings. The molecule has 0 aliphatic carbocycles.